The van der Waals surface area contributed by atoms with Crippen molar-refractivity contribution < 1.29 is 5.11 Å². The Morgan fingerprint density at radius 3 is 2.29 bits per heavy atom. The molecule has 2 heteroatoms. The van der Waals surface area contributed by atoms with Crippen LogP contribution in [0.1, 0.15) is 25.0 Å². The van der Waals surface area contributed by atoms with E-state index in [0.29, 0.717) is 0 Å². The van der Waals surface area contributed by atoms with Crippen molar-refractivity contribution in [3.8, 4) is 0 Å². The van der Waals surface area contributed by atoms with Crippen molar-refractivity contribution in [1.82, 2.24) is 5.32 Å². The van der Waals surface area contributed by atoms with E-state index in [9.17, 15) is 5.11 Å². The second-order valence-corrected chi connectivity index (χ2v) is 3.90. The van der Waals surface area contributed by atoms with Crippen LogP contribution in [0.5, 0.6) is 0 Å². The minimum absolute atomic E-state index is 0.135. The van der Waals surface area contributed by atoms with Gasteiger partial charge in [-0.05, 0) is 26.3 Å². The van der Waals surface area contributed by atoms with Gasteiger partial charge in [-0.15, -0.1) is 0 Å². The highest BCUT2D eigenvalue weighted by atomic mass is 16.3. The van der Waals surface area contributed by atoms with Crippen molar-refractivity contribution in [2.75, 3.05) is 0 Å². The molecule has 2 unspecified atom stereocenters. The fourth-order valence-electron chi connectivity index (χ4n) is 1.16. The molecule has 0 bridgehead atoms. The van der Waals surface area contributed by atoms with Crippen LogP contribution in [0.4, 0.5) is 0 Å². The summed E-state index contributed by atoms with van der Waals surface area (Å²) < 4.78 is 0. The van der Waals surface area contributed by atoms with Gasteiger partial charge in [0, 0.05) is 12.6 Å². The van der Waals surface area contributed by atoms with Crippen LogP contribution in [0.2, 0.25) is 0 Å². The molecule has 0 amide bonds. The number of nitrogens with one attached hydrogen (secondary N) is 1. The molecule has 1 aromatic carbocycles. The molecule has 0 fully saturated rings. The number of benzene rings is 1. The van der Waals surface area contributed by atoms with E-state index in [-0.39, 0.29) is 12.1 Å². The average Bonchev–Trinajstić information content (AvgIpc) is 2.16. The van der Waals surface area contributed by atoms with Gasteiger partial charge in [-0.3, -0.25) is 0 Å². The zero-order valence-electron chi connectivity index (χ0n) is 9.12. The summed E-state index contributed by atoms with van der Waals surface area (Å²) in [6.07, 6.45) is -0.305. The summed E-state index contributed by atoms with van der Waals surface area (Å²) in [4.78, 5) is 0. The van der Waals surface area contributed by atoms with Gasteiger partial charge >= 0.3 is 0 Å². The zero-order chi connectivity index (χ0) is 10.6. The van der Waals surface area contributed by atoms with Gasteiger partial charge in [-0.25, -0.2) is 0 Å². The van der Waals surface area contributed by atoms with Gasteiger partial charge in [0.2, 0.25) is 0 Å². The second-order valence-electron chi connectivity index (χ2n) is 3.90. The number of aliphatic hydroxyl groups is 1. The first kappa shape index (κ1) is 11.2. The summed E-state index contributed by atoms with van der Waals surface area (Å²) in [7, 11) is 0. The highest BCUT2D eigenvalue weighted by Gasteiger charge is 2.06. The molecule has 0 aliphatic carbocycles. The highest BCUT2D eigenvalue weighted by molar-refractivity contribution is 5.21. The Bertz CT molecular complexity index is 266. The van der Waals surface area contributed by atoms with E-state index in [4.69, 9.17) is 0 Å². The third kappa shape index (κ3) is 3.48. The fraction of sp³-hybridized carbons (Fsp3) is 0.500. The van der Waals surface area contributed by atoms with Crippen LogP contribution in [0, 0.1) is 6.92 Å². The smallest absolute Gasteiger partial charge is 0.0662 e. The Morgan fingerprint density at radius 1 is 1.21 bits per heavy atom. The predicted molar refractivity (Wildman–Crippen MR) is 59.2 cm³/mol. The molecule has 0 aliphatic heterocycles. The summed E-state index contributed by atoms with van der Waals surface area (Å²) in [5.41, 5.74) is 2.53. The molecule has 2 nitrogen and oxygen atoms in total. The van der Waals surface area contributed by atoms with Gasteiger partial charge in [0.05, 0.1) is 6.10 Å². The molecule has 0 saturated heterocycles. The van der Waals surface area contributed by atoms with Crippen molar-refractivity contribution in [1.29, 1.82) is 0 Å². The first-order valence-corrected chi connectivity index (χ1v) is 5.06. The largest absolute Gasteiger partial charge is 0.392 e. The molecule has 0 spiro atoms. The van der Waals surface area contributed by atoms with E-state index in [1.807, 2.05) is 6.92 Å². The lowest BCUT2D eigenvalue weighted by atomic mass is 10.1. The minimum Gasteiger partial charge on any atom is -0.392 e. The summed E-state index contributed by atoms with van der Waals surface area (Å²) in [5.74, 6) is 0. The number of aliphatic hydroxyl groups excluding tert-OH is 1. The van der Waals surface area contributed by atoms with E-state index in [1.165, 1.54) is 11.1 Å². The van der Waals surface area contributed by atoms with Crippen LogP contribution in [0.25, 0.3) is 0 Å². The van der Waals surface area contributed by atoms with E-state index in [0.717, 1.165) is 6.54 Å². The molecule has 0 aliphatic rings. The molecule has 1 rings (SSSR count). The van der Waals surface area contributed by atoms with Crippen LogP contribution in [-0.4, -0.2) is 17.3 Å². The Labute approximate surface area is 86.0 Å². The maximum Gasteiger partial charge on any atom is 0.0662 e. The molecule has 0 aromatic heterocycles. The minimum atomic E-state index is -0.305. The number of hydrogen-bond acceptors (Lipinski definition) is 2. The molecular weight excluding hydrogens is 174 g/mol. The summed E-state index contributed by atoms with van der Waals surface area (Å²) in [5, 5.41) is 12.5. The van der Waals surface area contributed by atoms with Crippen LogP contribution >= 0.6 is 0 Å². The summed E-state index contributed by atoms with van der Waals surface area (Å²) in [6.45, 7) is 6.67. The fourth-order valence-corrected chi connectivity index (χ4v) is 1.16. The van der Waals surface area contributed by atoms with Gasteiger partial charge in [0.25, 0.3) is 0 Å². The molecular formula is C12H19NO. The van der Waals surface area contributed by atoms with Crippen molar-refractivity contribution in [2.24, 2.45) is 0 Å². The zero-order valence-corrected chi connectivity index (χ0v) is 9.12. The molecule has 78 valence electrons. The van der Waals surface area contributed by atoms with E-state index in [2.05, 4.69) is 36.5 Å². The number of aryl methyl sites for hydroxylation is 1. The molecule has 2 atom stereocenters. The van der Waals surface area contributed by atoms with Gasteiger partial charge in [-0.2, -0.15) is 0 Å². The van der Waals surface area contributed by atoms with E-state index < -0.39 is 0 Å². The maximum absolute atomic E-state index is 9.28. The molecule has 0 saturated carbocycles. The Kier molecular flexibility index (Phi) is 4.11. The highest BCUT2D eigenvalue weighted by Crippen LogP contribution is 2.03. The monoisotopic (exact) mass is 193 g/mol. The first-order chi connectivity index (χ1) is 6.59. The van der Waals surface area contributed by atoms with Gasteiger partial charge in [0.1, 0.15) is 0 Å². The molecule has 2 N–H and O–H groups in total. The second kappa shape index (κ2) is 5.13. The number of rotatable bonds is 4. The van der Waals surface area contributed by atoms with Crippen molar-refractivity contribution >= 4 is 0 Å². The van der Waals surface area contributed by atoms with Crippen molar-refractivity contribution in [3.05, 3.63) is 35.4 Å². The van der Waals surface area contributed by atoms with Gasteiger partial charge in [0.15, 0.2) is 0 Å². The lowest BCUT2D eigenvalue weighted by molar-refractivity contribution is 0.152. The molecule has 0 radical (unpaired) electrons. The third-order valence-corrected chi connectivity index (χ3v) is 2.47. The van der Waals surface area contributed by atoms with Gasteiger partial charge in [-0.1, -0.05) is 29.8 Å². The van der Waals surface area contributed by atoms with Crippen LogP contribution in [0.15, 0.2) is 24.3 Å². The van der Waals surface area contributed by atoms with Crippen molar-refractivity contribution in [3.63, 3.8) is 0 Å². The number of hydrogen-bond donors (Lipinski definition) is 2. The Hall–Kier alpha value is -0.860. The maximum atomic E-state index is 9.28. The first-order valence-electron chi connectivity index (χ1n) is 5.06. The third-order valence-electron chi connectivity index (χ3n) is 2.47. The standard InChI is InChI=1S/C12H19NO/c1-9-4-6-12(7-5-9)8-13-10(2)11(3)14/h4-7,10-11,13-14H,8H2,1-3H3. The average molecular weight is 193 g/mol. The normalized spacial score (nSPS) is 15.1. The predicted octanol–water partition coefficient (Wildman–Crippen LogP) is 1.85. The lowest BCUT2D eigenvalue weighted by Gasteiger charge is -2.16. The Morgan fingerprint density at radius 2 is 1.79 bits per heavy atom. The molecule has 14 heavy (non-hydrogen) atoms. The van der Waals surface area contributed by atoms with Crippen LogP contribution in [-0.2, 0) is 6.54 Å². The van der Waals surface area contributed by atoms with Gasteiger partial charge < -0.3 is 10.4 Å². The molecule has 0 heterocycles. The lowest BCUT2D eigenvalue weighted by Crippen LogP contribution is -2.34. The Balaban J connectivity index is 2.42. The molecule has 1 aromatic rings. The SMILES string of the molecule is Cc1ccc(CNC(C)C(C)O)cc1. The topological polar surface area (TPSA) is 32.3 Å². The van der Waals surface area contributed by atoms with E-state index in [1.54, 1.807) is 6.92 Å². The van der Waals surface area contributed by atoms with E-state index >= 15 is 0 Å². The summed E-state index contributed by atoms with van der Waals surface area (Å²) in [6, 6.07) is 8.55. The summed E-state index contributed by atoms with van der Waals surface area (Å²) >= 11 is 0. The quantitative estimate of drug-likeness (QED) is 0.765. The van der Waals surface area contributed by atoms with Crippen LogP contribution in [0.3, 0.4) is 0 Å². The van der Waals surface area contributed by atoms with Crippen molar-refractivity contribution in [2.45, 2.75) is 39.5 Å². The van der Waals surface area contributed by atoms with Crippen LogP contribution < -0.4 is 5.32 Å².